The quantitative estimate of drug-likeness (QED) is 0.288. The first-order chi connectivity index (χ1) is 17.4. The molecule has 184 valence electrons. The van der Waals surface area contributed by atoms with Gasteiger partial charge in [0.2, 0.25) is 0 Å². The second-order valence-corrected chi connectivity index (χ2v) is 8.79. The van der Waals surface area contributed by atoms with Crippen molar-refractivity contribution in [2.24, 2.45) is 0 Å². The van der Waals surface area contributed by atoms with Crippen molar-refractivity contribution in [1.82, 2.24) is 15.3 Å². The summed E-state index contributed by atoms with van der Waals surface area (Å²) in [5, 5.41) is 9.40. The lowest BCUT2D eigenvalue weighted by Gasteiger charge is -2.18. The molecule has 1 fully saturated rings. The molecule has 9 nitrogen and oxygen atoms in total. The van der Waals surface area contributed by atoms with Gasteiger partial charge in [0, 0.05) is 48.0 Å². The van der Waals surface area contributed by atoms with E-state index in [1.807, 2.05) is 75.4 Å². The summed E-state index contributed by atoms with van der Waals surface area (Å²) in [4.78, 5) is 22.7. The molecular weight excluding hydrogens is 456 g/mol. The number of anilines is 5. The molecule has 3 N–H and O–H groups in total. The van der Waals surface area contributed by atoms with Gasteiger partial charge in [0.1, 0.15) is 11.6 Å². The SMILES string of the molecule is Cc1ccc(Nc2ccccn2)cc1Nc1ncc(-c2cc(OC(C)C)cc(N3CCNC3=O)c2)o1. The number of carbonyl (C=O) groups excluding carboxylic acids is 1. The minimum absolute atomic E-state index is 0.0117. The minimum Gasteiger partial charge on any atom is -0.491 e. The molecule has 5 rings (SSSR count). The molecule has 0 saturated carbocycles. The van der Waals surface area contributed by atoms with Crippen LogP contribution in [0, 0.1) is 6.92 Å². The van der Waals surface area contributed by atoms with Gasteiger partial charge in [-0.25, -0.2) is 14.8 Å². The fraction of sp³-hybridized carbons (Fsp3) is 0.222. The second kappa shape index (κ2) is 9.99. The van der Waals surface area contributed by atoms with Crippen LogP contribution in [0.15, 0.2) is 71.4 Å². The third-order valence-corrected chi connectivity index (χ3v) is 5.64. The van der Waals surface area contributed by atoms with E-state index in [4.69, 9.17) is 9.15 Å². The Morgan fingerprint density at radius 1 is 1.08 bits per heavy atom. The Bertz CT molecular complexity index is 1370. The van der Waals surface area contributed by atoms with Gasteiger partial charge in [-0.15, -0.1) is 0 Å². The summed E-state index contributed by atoms with van der Waals surface area (Å²) >= 11 is 0. The molecule has 36 heavy (non-hydrogen) atoms. The van der Waals surface area contributed by atoms with Gasteiger partial charge in [-0.3, -0.25) is 4.90 Å². The molecule has 3 heterocycles. The highest BCUT2D eigenvalue weighted by molar-refractivity contribution is 5.95. The summed E-state index contributed by atoms with van der Waals surface area (Å²) in [5.74, 6) is 1.98. The highest BCUT2D eigenvalue weighted by Gasteiger charge is 2.23. The molecular formula is C27H28N6O3. The fourth-order valence-corrected chi connectivity index (χ4v) is 3.94. The molecule has 4 aromatic rings. The molecule has 0 radical (unpaired) electrons. The molecule has 0 atom stereocenters. The molecule has 2 amide bonds. The van der Waals surface area contributed by atoms with Crippen LogP contribution in [0.25, 0.3) is 11.3 Å². The average molecular weight is 485 g/mol. The molecule has 2 aromatic heterocycles. The minimum atomic E-state index is -0.128. The smallest absolute Gasteiger partial charge is 0.321 e. The predicted molar refractivity (Wildman–Crippen MR) is 140 cm³/mol. The lowest BCUT2D eigenvalue weighted by Crippen LogP contribution is -2.27. The zero-order chi connectivity index (χ0) is 25.1. The number of urea groups is 1. The van der Waals surface area contributed by atoms with Crippen LogP contribution in [0.4, 0.5) is 33.7 Å². The molecule has 0 unspecified atom stereocenters. The van der Waals surface area contributed by atoms with E-state index in [0.717, 1.165) is 34.0 Å². The molecule has 0 spiro atoms. The van der Waals surface area contributed by atoms with Crippen LogP contribution in [-0.4, -0.2) is 35.2 Å². The van der Waals surface area contributed by atoms with Crippen molar-refractivity contribution in [1.29, 1.82) is 0 Å². The molecule has 1 aliphatic rings. The van der Waals surface area contributed by atoms with E-state index >= 15 is 0 Å². The van der Waals surface area contributed by atoms with Crippen molar-refractivity contribution in [3.8, 4) is 17.1 Å². The number of benzene rings is 2. The number of hydrogen-bond donors (Lipinski definition) is 3. The van der Waals surface area contributed by atoms with Crippen molar-refractivity contribution in [3.05, 3.63) is 72.6 Å². The number of pyridine rings is 1. The summed E-state index contributed by atoms with van der Waals surface area (Å²) in [7, 11) is 0. The summed E-state index contributed by atoms with van der Waals surface area (Å²) in [5.41, 5.74) is 4.30. The van der Waals surface area contributed by atoms with Gasteiger partial charge < -0.3 is 25.1 Å². The van der Waals surface area contributed by atoms with Gasteiger partial charge in [-0.1, -0.05) is 12.1 Å². The Labute approximate surface area is 209 Å². The predicted octanol–water partition coefficient (Wildman–Crippen LogP) is 5.85. The second-order valence-electron chi connectivity index (χ2n) is 8.79. The molecule has 0 aliphatic carbocycles. The number of aromatic nitrogens is 2. The van der Waals surface area contributed by atoms with Crippen molar-refractivity contribution < 1.29 is 13.9 Å². The number of carbonyl (C=O) groups is 1. The van der Waals surface area contributed by atoms with Crippen LogP contribution in [-0.2, 0) is 0 Å². The van der Waals surface area contributed by atoms with E-state index in [0.29, 0.717) is 30.6 Å². The fourth-order valence-electron chi connectivity index (χ4n) is 3.94. The molecule has 2 aromatic carbocycles. The lowest BCUT2D eigenvalue weighted by molar-refractivity contribution is 0.242. The van der Waals surface area contributed by atoms with E-state index in [1.54, 1.807) is 17.3 Å². The van der Waals surface area contributed by atoms with Crippen LogP contribution < -0.4 is 25.6 Å². The van der Waals surface area contributed by atoms with E-state index in [1.165, 1.54) is 0 Å². The summed E-state index contributed by atoms with van der Waals surface area (Å²) in [6.07, 6.45) is 3.39. The number of ether oxygens (including phenoxy) is 1. The van der Waals surface area contributed by atoms with E-state index in [9.17, 15) is 4.79 Å². The number of hydrogen-bond acceptors (Lipinski definition) is 7. The monoisotopic (exact) mass is 484 g/mol. The first-order valence-electron chi connectivity index (χ1n) is 11.8. The maximum Gasteiger partial charge on any atom is 0.321 e. The zero-order valence-electron chi connectivity index (χ0n) is 20.4. The maximum atomic E-state index is 12.3. The Kier molecular flexibility index (Phi) is 6.44. The van der Waals surface area contributed by atoms with Crippen LogP contribution in [0.1, 0.15) is 19.4 Å². The summed E-state index contributed by atoms with van der Waals surface area (Å²) in [6.45, 7) is 7.13. The van der Waals surface area contributed by atoms with Crippen molar-refractivity contribution in [3.63, 3.8) is 0 Å². The van der Waals surface area contributed by atoms with E-state index < -0.39 is 0 Å². The lowest BCUT2D eigenvalue weighted by atomic mass is 10.1. The van der Waals surface area contributed by atoms with Gasteiger partial charge in [-0.05, 0) is 62.7 Å². The molecule has 1 saturated heterocycles. The average Bonchev–Trinajstić information content (AvgIpc) is 3.50. The van der Waals surface area contributed by atoms with Crippen molar-refractivity contribution in [2.45, 2.75) is 26.9 Å². The normalized spacial score (nSPS) is 13.1. The van der Waals surface area contributed by atoms with E-state index in [2.05, 4.69) is 25.9 Å². The Balaban J connectivity index is 1.40. The maximum absolute atomic E-state index is 12.3. The number of oxazole rings is 1. The van der Waals surface area contributed by atoms with Crippen LogP contribution in [0.2, 0.25) is 0 Å². The summed E-state index contributed by atoms with van der Waals surface area (Å²) in [6, 6.07) is 17.6. The topological polar surface area (TPSA) is 105 Å². The van der Waals surface area contributed by atoms with Gasteiger partial charge in [0.05, 0.1) is 12.3 Å². The van der Waals surface area contributed by atoms with Crippen molar-refractivity contribution >= 4 is 34.9 Å². The first kappa shape index (κ1) is 23.2. The van der Waals surface area contributed by atoms with Crippen LogP contribution in [0.3, 0.4) is 0 Å². The largest absolute Gasteiger partial charge is 0.491 e. The van der Waals surface area contributed by atoms with Crippen LogP contribution >= 0.6 is 0 Å². The molecule has 0 bridgehead atoms. The number of aryl methyl sites for hydroxylation is 1. The van der Waals surface area contributed by atoms with Gasteiger partial charge in [0.15, 0.2) is 5.76 Å². The third-order valence-electron chi connectivity index (χ3n) is 5.64. The first-order valence-corrected chi connectivity index (χ1v) is 11.8. The van der Waals surface area contributed by atoms with Crippen LogP contribution in [0.5, 0.6) is 5.75 Å². The number of nitrogens with zero attached hydrogens (tertiary/aromatic N) is 3. The Morgan fingerprint density at radius 3 is 2.72 bits per heavy atom. The van der Waals surface area contributed by atoms with Crippen molar-refractivity contribution in [2.75, 3.05) is 28.6 Å². The highest BCUT2D eigenvalue weighted by atomic mass is 16.5. The standard InChI is InChI=1S/C27H28N6O3/c1-17(2)35-22-13-19(12-21(15-22)33-11-10-29-27(33)34)24-16-30-26(36-24)32-23-14-20(8-7-18(23)3)31-25-6-4-5-9-28-25/h4-9,12-17H,10-11H2,1-3H3,(H,28,31)(H,29,34)(H,30,32). The Morgan fingerprint density at radius 2 is 1.97 bits per heavy atom. The number of amides is 2. The number of nitrogens with one attached hydrogen (secondary N) is 3. The summed E-state index contributed by atoms with van der Waals surface area (Å²) < 4.78 is 12.0. The molecule has 9 heteroatoms. The highest BCUT2D eigenvalue weighted by Crippen LogP contribution is 2.34. The van der Waals surface area contributed by atoms with E-state index in [-0.39, 0.29) is 12.1 Å². The van der Waals surface area contributed by atoms with Gasteiger partial charge in [-0.2, -0.15) is 0 Å². The third kappa shape index (κ3) is 5.25. The molecule has 1 aliphatic heterocycles. The number of rotatable bonds is 8. The van der Waals surface area contributed by atoms with Gasteiger partial charge >= 0.3 is 6.03 Å². The zero-order valence-corrected chi connectivity index (χ0v) is 20.4. The Hall–Kier alpha value is -4.53. The van der Waals surface area contributed by atoms with Gasteiger partial charge in [0.25, 0.3) is 6.01 Å².